The minimum Gasteiger partial charge on any atom is -0.489 e. The van der Waals surface area contributed by atoms with Crippen LogP contribution < -0.4 is 4.74 Å². The molecule has 2 aliphatic rings. The van der Waals surface area contributed by atoms with Crippen LogP contribution in [0.3, 0.4) is 0 Å². The predicted molar refractivity (Wildman–Crippen MR) is 225 cm³/mol. The number of likely N-dealkylation sites (N-methyl/N-ethyl adjacent to an activating group) is 2. The number of rotatable bonds is 13. The molecule has 298 valence electrons. The lowest BCUT2D eigenvalue weighted by Gasteiger charge is -2.31. The van der Waals surface area contributed by atoms with E-state index in [-0.39, 0.29) is 36.0 Å². The second kappa shape index (κ2) is 17.2. The lowest BCUT2D eigenvalue weighted by molar-refractivity contribution is -0.138. The van der Waals surface area contributed by atoms with Crippen LogP contribution in [0.4, 0.5) is 0 Å². The van der Waals surface area contributed by atoms with Crippen LogP contribution in [0.25, 0.3) is 22.5 Å². The Morgan fingerprint density at radius 3 is 1.50 bits per heavy atom. The van der Waals surface area contributed by atoms with E-state index in [4.69, 9.17) is 14.7 Å². The second-order valence-electron chi connectivity index (χ2n) is 15.8. The van der Waals surface area contributed by atoms with Gasteiger partial charge in [-0.3, -0.25) is 19.4 Å². The van der Waals surface area contributed by atoms with Crippen molar-refractivity contribution in [1.82, 2.24) is 39.5 Å². The molecule has 4 atom stereocenters. The molecule has 2 aromatic heterocycles. The fourth-order valence-corrected chi connectivity index (χ4v) is 8.52. The van der Waals surface area contributed by atoms with Gasteiger partial charge in [0.2, 0.25) is 11.8 Å². The Bertz CT molecular complexity index is 2120. The van der Waals surface area contributed by atoms with Gasteiger partial charge < -0.3 is 24.5 Å². The topological polar surface area (TPSA) is 114 Å². The third-order valence-corrected chi connectivity index (χ3v) is 11.5. The fraction of sp³-hybridized carbons (Fsp3) is 0.319. The molecule has 6 aromatic rings. The first kappa shape index (κ1) is 38.8. The molecule has 4 aromatic carbocycles. The van der Waals surface area contributed by atoms with E-state index < -0.39 is 0 Å². The molecule has 11 nitrogen and oxygen atoms in total. The molecule has 4 unspecified atom stereocenters. The van der Waals surface area contributed by atoms with Gasteiger partial charge in [0.25, 0.3) is 0 Å². The number of nitrogens with zero attached hydrogens (tertiary/aromatic N) is 6. The van der Waals surface area contributed by atoms with Crippen LogP contribution in [-0.4, -0.2) is 92.6 Å². The summed E-state index contributed by atoms with van der Waals surface area (Å²) in [5, 5.41) is 0. The first-order chi connectivity index (χ1) is 28.2. The number of H-pyrrole nitrogens is 2. The highest BCUT2D eigenvalue weighted by atomic mass is 16.5. The zero-order valence-corrected chi connectivity index (χ0v) is 33.7. The van der Waals surface area contributed by atoms with Gasteiger partial charge in [-0.25, -0.2) is 9.97 Å². The van der Waals surface area contributed by atoms with Crippen molar-refractivity contribution >= 4 is 11.8 Å². The number of hydrogen-bond acceptors (Lipinski definition) is 7. The van der Waals surface area contributed by atoms with Gasteiger partial charge in [-0.05, 0) is 106 Å². The van der Waals surface area contributed by atoms with Gasteiger partial charge >= 0.3 is 0 Å². The average molecular weight is 777 g/mol. The Balaban J connectivity index is 0.869. The van der Waals surface area contributed by atoms with Gasteiger partial charge in [0, 0.05) is 13.1 Å². The largest absolute Gasteiger partial charge is 0.489 e. The Hall–Kier alpha value is -6.04. The number of benzene rings is 4. The molecule has 2 fully saturated rings. The number of ether oxygens (including phenoxy) is 1. The molecule has 2 N–H and O–H groups in total. The minimum absolute atomic E-state index is 0.0866. The highest BCUT2D eigenvalue weighted by Gasteiger charge is 2.38. The number of likely N-dealkylation sites (tertiary alicyclic amines) is 2. The van der Waals surface area contributed by atoms with Crippen molar-refractivity contribution in [3.8, 4) is 28.3 Å². The summed E-state index contributed by atoms with van der Waals surface area (Å²) in [4.78, 5) is 52.3. The normalized spacial score (nSPS) is 17.9. The van der Waals surface area contributed by atoms with Crippen LogP contribution in [0.5, 0.6) is 5.75 Å². The minimum atomic E-state index is -0.346. The van der Waals surface area contributed by atoms with E-state index in [1.54, 1.807) is 0 Å². The Morgan fingerprint density at radius 2 is 1.07 bits per heavy atom. The Labute approximate surface area is 340 Å². The molecular weight excluding hydrogens is 725 g/mol. The number of nitrogens with one attached hydrogen (secondary N) is 2. The summed E-state index contributed by atoms with van der Waals surface area (Å²) in [5.74, 6) is 2.61. The summed E-state index contributed by atoms with van der Waals surface area (Å²) in [6, 6.07) is 35.4. The van der Waals surface area contributed by atoms with Gasteiger partial charge in [-0.2, -0.15) is 0 Å². The van der Waals surface area contributed by atoms with Crippen LogP contribution in [0.2, 0.25) is 0 Å². The molecule has 4 heterocycles. The molecule has 2 amide bonds. The van der Waals surface area contributed by atoms with E-state index in [1.165, 1.54) is 0 Å². The molecular formula is C47H52N8O3. The zero-order chi connectivity index (χ0) is 40.2. The van der Waals surface area contributed by atoms with E-state index in [9.17, 15) is 9.59 Å². The standard InChI is InChI=1S/C47H52N8O3/c1-52(2)42(35-13-7-5-8-14-35)46(56)54-27-11-17-40(54)44-48-29-38(50-44)33-21-19-32(20-22-33)31-58-37-25-23-34(24-26-37)39-30-49-45(51-39)41-18-12-28-55(41)47(57)43(53(3)4)36-15-9-6-10-16-36/h5-10,13-16,19-26,29-30,40-43H,11-12,17-18,27-28,31H2,1-4H3,(H,48,50)(H,49,51). The molecule has 11 heteroatoms. The van der Waals surface area contributed by atoms with Crippen molar-refractivity contribution in [2.75, 3.05) is 41.3 Å². The van der Waals surface area contributed by atoms with Crippen LogP contribution in [-0.2, 0) is 16.2 Å². The Morgan fingerprint density at radius 1 is 0.638 bits per heavy atom. The predicted octanol–water partition coefficient (Wildman–Crippen LogP) is 7.98. The first-order valence-corrected chi connectivity index (χ1v) is 20.2. The van der Waals surface area contributed by atoms with Crippen LogP contribution in [0.1, 0.15) is 78.2 Å². The average Bonchev–Trinajstić information content (AvgIpc) is 4.08. The number of aromatic nitrogens is 4. The fourth-order valence-electron chi connectivity index (χ4n) is 8.52. The second-order valence-corrected chi connectivity index (χ2v) is 15.8. The first-order valence-electron chi connectivity index (χ1n) is 20.2. The number of amides is 2. The summed E-state index contributed by atoms with van der Waals surface area (Å²) in [6.45, 7) is 1.86. The highest BCUT2D eigenvalue weighted by molar-refractivity contribution is 5.84. The van der Waals surface area contributed by atoms with Crippen LogP contribution >= 0.6 is 0 Å². The number of carbonyl (C=O) groups excluding carboxylic acids is 2. The van der Waals surface area contributed by atoms with Gasteiger partial charge in [0.15, 0.2) is 0 Å². The monoisotopic (exact) mass is 776 g/mol. The molecule has 2 aliphatic heterocycles. The molecule has 0 aliphatic carbocycles. The summed E-state index contributed by atoms with van der Waals surface area (Å²) < 4.78 is 6.17. The summed E-state index contributed by atoms with van der Waals surface area (Å²) >= 11 is 0. The quantitative estimate of drug-likeness (QED) is 0.122. The van der Waals surface area contributed by atoms with Crippen LogP contribution in [0.15, 0.2) is 122 Å². The molecule has 0 radical (unpaired) electrons. The number of carbonyl (C=O) groups is 2. The molecule has 0 saturated carbocycles. The maximum Gasteiger partial charge on any atom is 0.245 e. The number of hydrogen-bond donors (Lipinski definition) is 2. The van der Waals surface area contributed by atoms with E-state index in [0.717, 1.165) is 82.3 Å². The van der Waals surface area contributed by atoms with Gasteiger partial charge in [0.05, 0.1) is 35.9 Å². The third-order valence-electron chi connectivity index (χ3n) is 11.5. The highest BCUT2D eigenvalue weighted by Crippen LogP contribution is 2.37. The van der Waals surface area contributed by atoms with Gasteiger partial charge in [-0.15, -0.1) is 0 Å². The van der Waals surface area contributed by atoms with Crippen molar-refractivity contribution in [3.63, 3.8) is 0 Å². The number of imidazole rings is 2. The lowest BCUT2D eigenvalue weighted by atomic mass is 10.0. The van der Waals surface area contributed by atoms with Crippen molar-refractivity contribution < 1.29 is 14.3 Å². The van der Waals surface area contributed by atoms with Gasteiger partial charge in [-0.1, -0.05) is 84.9 Å². The molecule has 0 spiro atoms. The maximum atomic E-state index is 13.9. The lowest BCUT2D eigenvalue weighted by Crippen LogP contribution is -2.40. The van der Waals surface area contributed by atoms with Gasteiger partial charge in [0.1, 0.15) is 36.1 Å². The zero-order valence-electron chi connectivity index (χ0n) is 33.7. The van der Waals surface area contributed by atoms with Crippen molar-refractivity contribution in [3.05, 3.63) is 150 Å². The molecule has 2 saturated heterocycles. The molecule has 8 rings (SSSR count). The van der Waals surface area contributed by atoms with Crippen LogP contribution in [0, 0.1) is 0 Å². The summed E-state index contributed by atoms with van der Waals surface area (Å²) in [5.41, 5.74) is 6.88. The molecule has 0 bridgehead atoms. The van der Waals surface area contributed by atoms with Crippen molar-refractivity contribution in [2.24, 2.45) is 0 Å². The Kier molecular flexibility index (Phi) is 11.5. The molecule has 58 heavy (non-hydrogen) atoms. The van der Waals surface area contributed by atoms with Crippen molar-refractivity contribution in [2.45, 2.75) is 56.5 Å². The summed E-state index contributed by atoms with van der Waals surface area (Å²) in [7, 11) is 7.82. The van der Waals surface area contributed by atoms with Crippen molar-refractivity contribution in [1.29, 1.82) is 0 Å². The van der Waals surface area contributed by atoms with E-state index >= 15 is 0 Å². The number of aromatic amines is 2. The smallest absolute Gasteiger partial charge is 0.245 e. The SMILES string of the molecule is CN(C)C(C(=O)N1CCCC1c1ncc(-c2ccc(COc3ccc(-c4cnc(C5CCCN5C(=O)C(c5ccccc5)N(C)C)[nH]4)cc3)cc2)[nH]1)c1ccccc1. The third kappa shape index (κ3) is 8.19. The van der Waals surface area contributed by atoms with E-state index in [2.05, 4.69) is 34.2 Å². The summed E-state index contributed by atoms with van der Waals surface area (Å²) in [6.07, 6.45) is 7.35. The van der Waals surface area contributed by atoms with E-state index in [0.29, 0.717) is 19.7 Å². The maximum absolute atomic E-state index is 13.9. The van der Waals surface area contributed by atoms with E-state index in [1.807, 2.05) is 145 Å².